The van der Waals surface area contributed by atoms with Gasteiger partial charge in [-0.05, 0) is 30.0 Å². The van der Waals surface area contributed by atoms with E-state index in [0.29, 0.717) is 16.7 Å². The molecular formula is C13H17N3. The number of anilines is 2. The maximum atomic E-state index is 8.81. The van der Waals surface area contributed by atoms with E-state index in [0.717, 1.165) is 18.8 Å². The smallest absolute Gasteiger partial charge is 0.101 e. The van der Waals surface area contributed by atoms with Crippen LogP contribution in [0.2, 0.25) is 0 Å². The Labute approximate surface area is 96.5 Å². The molecule has 1 saturated heterocycles. The van der Waals surface area contributed by atoms with Gasteiger partial charge in [-0.3, -0.25) is 0 Å². The van der Waals surface area contributed by atoms with Crippen molar-refractivity contribution in [1.29, 1.82) is 5.26 Å². The molecule has 2 N–H and O–H groups in total. The fourth-order valence-corrected chi connectivity index (χ4v) is 2.18. The number of nitrogens with two attached hydrogens (primary N) is 1. The number of nitrogen functional groups attached to an aromatic ring is 1. The molecular weight excluding hydrogens is 198 g/mol. The number of benzene rings is 1. The van der Waals surface area contributed by atoms with Crippen molar-refractivity contribution in [1.82, 2.24) is 0 Å². The van der Waals surface area contributed by atoms with E-state index >= 15 is 0 Å². The Kier molecular flexibility index (Phi) is 2.51. The Morgan fingerprint density at radius 1 is 1.44 bits per heavy atom. The van der Waals surface area contributed by atoms with E-state index in [1.54, 1.807) is 6.07 Å². The van der Waals surface area contributed by atoms with Gasteiger partial charge in [-0.25, -0.2) is 0 Å². The topological polar surface area (TPSA) is 53.0 Å². The van der Waals surface area contributed by atoms with Gasteiger partial charge >= 0.3 is 0 Å². The number of hydrogen-bond donors (Lipinski definition) is 1. The zero-order valence-electron chi connectivity index (χ0n) is 9.83. The van der Waals surface area contributed by atoms with Crippen LogP contribution < -0.4 is 10.6 Å². The van der Waals surface area contributed by atoms with Crippen LogP contribution >= 0.6 is 0 Å². The van der Waals surface area contributed by atoms with Crippen LogP contribution in [0.1, 0.15) is 25.8 Å². The number of hydrogen-bond acceptors (Lipinski definition) is 3. The van der Waals surface area contributed by atoms with E-state index in [1.807, 2.05) is 12.1 Å². The molecule has 1 aromatic rings. The van der Waals surface area contributed by atoms with Crippen LogP contribution in [-0.4, -0.2) is 13.1 Å². The summed E-state index contributed by atoms with van der Waals surface area (Å²) in [6.07, 6.45) is 1.20. The second-order valence-corrected chi connectivity index (χ2v) is 5.22. The summed E-state index contributed by atoms with van der Waals surface area (Å²) in [5.74, 6) is 0. The van der Waals surface area contributed by atoms with Crippen molar-refractivity contribution in [3.05, 3.63) is 23.8 Å². The average molecular weight is 215 g/mol. The molecule has 1 fully saturated rings. The lowest BCUT2D eigenvalue weighted by molar-refractivity contribution is 0.418. The van der Waals surface area contributed by atoms with E-state index in [1.165, 1.54) is 6.42 Å². The molecule has 3 heteroatoms. The van der Waals surface area contributed by atoms with Gasteiger partial charge in [0.15, 0.2) is 0 Å². The van der Waals surface area contributed by atoms with Gasteiger partial charge in [0, 0.05) is 18.8 Å². The zero-order valence-corrected chi connectivity index (χ0v) is 9.83. The molecule has 0 aromatic heterocycles. The molecule has 0 unspecified atom stereocenters. The van der Waals surface area contributed by atoms with E-state index in [2.05, 4.69) is 24.8 Å². The van der Waals surface area contributed by atoms with E-state index in [4.69, 9.17) is 11.0 Å². The Bertz CT molecular complexity index is 443. The zero-order chi connectivity index (χ0) is 11.8. The van der Waals surface area contributed by atoms with Gasteiger partial charge in [0.25, 0.3) is 0 Å². The summed E-state index contributed by atoms with van der Waals surface area (Å²) < 4.78 is 0. The lowest BCUT2D eigenvalue weighted by atomic mass is 9.93. The number of nitriles is 1. The van der Waals surface area contributed by atoms with Gasteiger partial charge in [-0.1, -0.05) is 13.8 Å². The van der Waals surface area contributed by atoms with Crippen molar-refractivity contribution in [3.8, 4) is 6.07 Å². The second kappa shape index (κ2) is 3.71. The van der Waals surface area contributed by atoms with Crippen LogP contribution in [0.25, 0.3) is 0 Å². The molecule has 0 amide bonds. The van der Waals surface area contributed by atoms with Gasteiger partial charge in [0.1, 0.15) is 6.07 Å². The molecule has 0 atom stereocenters. The third-order valence-electron chi connectivity index (χ3n) is 3.20. The molecule has 16 heavy (non-hydrogen) atoms. The minimum Gasteiger partial charge on any atom is -0.398 e. The summed E-state index contributed by atoms with van der Waals surface area (Å²) in [4.78, 5) is 2.33. The van der Waals surface area contributed by atoms with Crippen LogP contribution in [0.4, 0.5) is 11.4 Å². The fraction of sp³-hybridized carbons (Fsp3) is 0.462. The van der Waals surface area contributed by atoms with Gasteiger partial charge in [0.2, 0.25) is 0 Å². The molecule has 0 bridgehead atoms. The summed E-state index contributed by atoms with van der Waals surface area (Å²) in [5, 5.41) is 8.81. The SMILES string of the molecule is CC1(C)CCN(c2ccc(C#N)c(N)c2)C1. The van der Waals surface area contributed by atoms with E-state index < -0.39 is 0 Å². The van der Waals surface area contributed by atoms with Gasteiger partial charge in [-0.15, -0.1) is 0 Å². The highest BCUT2D eigenvalue weighted by Crippen LogP contribution is 2.33. The number of rotatable bonds is 1. The molecule has 3 nitrogen and oxygen atoms in total. The summed E-state index contributed by atoms with van der Waals surface area (Å²) in [7, 11) is 0. The maximum Gasteiger partial charge on any atom is 0.101 e. The quantitative estimate of drug-likeness (QED) is 0.732. The Balaban J connectivity index is 2.24. The van der Waals surface area contributed by atoms with Crippen LogP contribution in [0, 0.1) is 16.7 Å². The fourth-order valence-electron chi connectivity index (χ4n) is 2.18. The third kappa shape index (κ3) is 1.96. The molecule has 0 spiro atoms. The molecule has 1 aromatic carbocycles. The van der Waals surface area contributed by atoms with Crippen molar-refractivity contribution in [2.45, 2.75) is 20.3 Å². The van der Waals surface area contributed by atoms with Gasteiger partial charge < -0.3 is 10.6 Å². The largest absolute Gasteiger partial charge is 0.398 e. The lowest BCUT2D eigenvalue weighted by Crippen LogP contribution is -2.22. The third-order valence-corrected chi connectivity index (χ3v) is 3.20. The normalized spacial score (nSPS) is 18.4. The Hall–Kier alpha value is -1.69. The summed E-state index contributed by atoms with van der Waals surface area (Å²) in [6, 6.07) is 7.77. The molecule has 1 heterocycles. The first-order valence-corrected chi connectivity index (χ1v) is 5.56. The molecule has 1 aliphatic heterocycles. The van der Waals surface area contributed by atoms with Crippen LogP contribution in [0.15, 0.2) is 18.2 Å². The highest BCUT2D eigenvalue weighted by molar-refractivity contribution is 5.64. The van der Waals surface area contributed by atoms with Crippen LogP contribution in [-0.2, 0) is 0 Å². The predicted octanol–water partition coefficient (Wildman–Crippen LogP) is 2.38. The molecule has 0 radical (unpaired) electrons. The molecule has 1 aliphatic rings. The first-order chi connectivity index (χ1) is 7.52. The van der Waals surface area contributed by atoms with Gasteiger partial charge in [-0.2, -0.15) is 5.26 Å². The molecule has 2 rings (SSSR count). The summed E-state index contributed by atoms with van der Waals surface area (Å²) in [5.41, 5.74) is 8.45. The molecule has 0 aliphatic carbocycles. The van der Waals surface area contributed by atoms with Gasteiger partial charge in [0.05, 0.1) is 11.3 Å². The predicted molar refractivity (Wildman–Crippen MR) is 66.2 cm³/mol. The van der Waals surface area contributed by atoms with Crippen molar-refractivity contribution in [2.75, 3.05) is 23.7 Å². The average Bonchev–Trinajstić information content (AvgIpc) is 2.59. The van der Waals surface area contributed by atoms with Crippen molar-refractivity contribution < 1.29 is 0 Å². The molecule has 84 valence electrons. The second-order valence-electron chi connectivity index (χ2n) is 5.22. The van der Waals surface area contributed by atoms with Crippen LogP contribution in [0.5, 0.6) is 0 Å². The van der Waals surface area contributed by atoms with Crippen molar-refractivity contribution >= 4 is 11.4 Å². The van der Waals surface area contributed by atoms with Crippen molar-refractivity contribution in [3.63, 3.8) is 0 Å². The first kappa shape index (κ1) is 10.8. The minimum absolute atomic E-state index is 0.378. The standard InChI is InChI=1S/C13H17N3/c1-13(2)5-6-16(9-13)11-4-3-10(8-14)12(15)7-11/h3-4,7H,5-6,9,15H2,1-2H3. The maximum absolute atomic E-state index is 8.81. The van der Waals surface area contributed by atoms with Crippen molar-refractivity contribution in [2.24, 2.45) is 5.41 Å². The number of nitrogens with zero attached hydrogens (tertiary/aromatic N) is 2. The monoisotopic (exact) mass is 215 g/mol. The highest BCUT2D eigenvalue weighted by Gasteiger charge is 2.29. The Morgan fingerprint density at radius 2 is 2.19 bits per heavy atom. The van der Waals surface area contributed by atoms with E-state index in [9.17, 15) is 0 Å². The first-order valence-electron chi connectivity index (χ1n) is 5.56. The van der Waals surface area contributed by atoms with E-state index in [-0.39, 0.29) is 0 Å². The summed E-state index contributed by atoms with van der Waals surface area (Å²) >= 11 is 0. The minimum atomic E-state index is 0.378. The summed E-state index contributed by atoms with van der Waals surface area (Å²) in [6.45, 7) is 6.68. The highest BCUT2D eigenvalue weighted by atomic mass is 15.2. The Morgan fingerprint density at radius 3 is 2.69 bits per heavy atom. The lowest BCUT2D eigenvalue weighted by Gasteiger charge is -2.22. The molecule has 0 saturated carbocycles. The van der Waals surface area contributed by atoms with Crippen LogP contribution in [0.3, 0.4) is 0 Å².